The molecule has 4 aromatic carbocycles. The van der Waals surface area contributed by atoms with Crippen molar-refractivity contribution in [2.45, 2.75) is 243 Å². The maximum atomic E-state index is 11.9. The fourth-order valence-electron chi connectivity index (χ4n) is 9.26. The van der Waals surface area contributed by atoms with Crippen molar-refractivity contribution < 1.29 is 25.9 Å². The summed E-state index contributed by atoms with van der Waals surface area (Å²) in [5.74, 6) is 0. The van der Waals surface area contributed by atoms with Crippen molar-refractivity contribution in [2.24, 2.45) is 0 Å². The van der Waals surface area contributed by atoms with Crippen LogP contribution < -0.4 is 0 Å². The van der Waals surface area contributed by atoms with Crippen molar-refractivity contribution in [1.82, 2.24) is 0 Å². The van der Waals surface area contributed by atoms with Crippen molar-refractivity contribution in [3.63, 3.8) is 0 Å². The van der Waals surface area contributed by atoms with Crippen LogP contribution in [-0.2, 0) is 45.9 Å². The molecule has 6 nitrogen and oxygen atoms in total. The summed E-state index contributed by atoms with van der Waals surface area (Å²) in [7, 11) is -8.98. The minimum absolute atomic E-state index is 0. The van der Waals surface area contributed by atoms with E-state index in [4.69, 9.17) is 0 Å². The molecule has 0 spiro atoms. The first kappa shape index (κ1) is 59.3. The standard InChI is InChI=1S/2C28H44O3S.Pb/c2*1-3-5-7-9-11-13-15-18-24-22-25(19-16-14-12-10-8-6-4-2)26-20-17-21-28(27(26)23-24)32(29,30)31;/h2*17,20-23H,3-16,18-19H2,1-2H3,(H,29,30,31);/q;;+2/p-2. The average Bonchev–Trinajstić information content (AvgIpc) is 3.27. The molecule has 2 radical (unpaired) electrons. The molecule has 0 saturated carbocycles. The van der Waals surface area contributed by atoms with Gasteiger partial charge in [0.2, 0.25) is 0 Å². The van der Waals surface area contributed by atoms with E-state index >= 15 is 0 Å². The van der Waals surface area contributed by atoms with Gasteiger partial charge in [0.15, 0.2) is 0 Å². The van der Waals surface area contributed by atoms with E-state index in [1.165, 1.54) is 188 Å². The predicted molar refractivity (Wildman–Crippen MR) is 276 cm³/mol. The van der Waals surface area contributed by atoms with E-state index in [1.54, 1.807) is 12.1 Å². The quantitative estimate of drug-likeness (QED) is 0.0261. The van der Waals surface area contributed by atoms with Crippen LogP contribution in [0.1, 0.15) is 230 Å². The van der Waals surface area contributed by atoms with Gasteiger partial charge in [0.1, 0.15) is 20.2 Å². The second kappa shape index (κ2) is 34.4. The Kier molecular flexibility index (Phi) is 31.4. The number of unbranched alkanes of at least 4 members (excludes halogenated alkanes) is 24. The second-order valence-corrected chi connectivity index (χ2v) is 21.3. The topological polar surface area (TPSA) is 114 Å². The van der Waals surface area contributed by atoms with E-state index in [9.17, 15) is 25.9 Å². The van der Waals surface area contributed by atoms with Crippen LogP contribution in [0.25, 0.3) is 21.5 Å². The Balaban J connectivity index is 0.000000440. The van der Waals surface area contributed by atoms with E-state index < -0.39 is 20.2 Å². The third-order valence-corrected chi connectivity index (χ3v) is 14.8. The van der Waals surface area contributed by atoms with Crippen molar-refractivity contribution in [1.29, 1.82) is 0 Å². The first-order valence-corrected chi connectivity index (χ1v) is 28.8. The minimum Gasteiger partial charge on any atom is -0.744 e. The van der Waals surface area contributed by atoms with Crippen molar-refractivity contribution in [3.05, 3.63) is 82.9 Å². The van der Waals surface area contributed by atoms with Gasteiger partial charge in [-0.25, -0.2) is 16.8 Å². The van der Waals surface area contributed by atoms with Crippen LogP contribution in [-0.4, -0.2) is 53.2 Å². The Hall–Kier alpha value is -1.86. The molecule has 0 heterocycles. The minimum atomic E-state index is -4.49. The second-order valence-electron chi connectivity index (χ2n) is 18.6. The Morgan fingerprint density at radius 1 is 0.338 bits per heavy atom. The van der Waals surface area contributed by atoms with Crippen LogP contribution in [0, 0.1) is 0 Å². The molecule has 0 bridgehead atoms. The van der Waals surface area contributed by atoms with Crippen LogP contribution in [0.4, 0.5) is 0 Å². The van der Waals surface area contributed by atoms with Gasteiger partial charge < -0.3 is 9.11 Å². The molecule has 0 amide bonds. The molecule has 0 N–H and O–H groups in total. The number of hydrogen-bond donors (Lipinski definition) is 0. The summed E-state index contributed by atoms with van der Waals surface area (Å²) >= 11 is 0. The van der Waals surface area contributed by atoms with Crippen LogP contribution >= 0.6 is 0 Å². The van der Waals surface area contributed by atoms with Crippen LogP contribution in [0.2, 0.25) is 0 Å². The number of hydrogen-bond acceptors (Lipinski definition) is 6. The van der Waals surface area contributed by atoms with E-state index in [1.807, 2.05) is 24.3 Å². The SMILES string of the molecule is CCCCCCCCCc1cc(CCCCCCCCC)c2cccc(S(=O)(=O)[O-])c2c1.CCCCCCCCCc1cc(CCCCCCCCC)c2cccc(S(=O)(=O)[O-])c2c1.[Pb+2]. The molecule has 0 aliphatic carbocycles. The van der Waals surface area contributed by atoms with Crippen LogP contribution in [0.15, 0.2) is 70.5 Å². The Morgan fingerprint density at radius 3 is 0.877 bits per heavy atom. The van der Waals surface area contributed by atoms with Crippen molar-refractivity contribution in [3.8, 4) is 0 Å². The number of fused-ring (bicyclic) bond motifs is 2. The van der Waals surface area contributed by atoms with Gasteiger partial charge in [0, 0.05) is 0 Å². The van der Waals surface area contributed by atoms with Gasteiger partial charge in [0.05, 0.1) is 9.79 Å². The Labute approximate surface area is 418 Å². The molecule has 0 aliphatic rings. The maximum absolute atomic E-state index is 11.9. The molecular formula is C56H86O6PbS2. The van der Waals surface area contributed by atoms with Crippen LogP contribution in [0.3, 0.4) is 0 Å². The molecule has 4 aromatic rings. The van der Waals surface area contributed by atoms with Gasteiger partial charge in [-0.15, -0.1) is 0 Å². The summed E-state index contributed by atoms with van der Waals surface area (Å²) in [6.45, 7) is 8.95. The number of rotatable bonds is 34. The number of benzene rings is 4. The zero-order valence-corrected chi connectivity index (χ0v) is 46.7. The smallest absolute Gasteiger partial charge is 0.744 e. The summed E-state index contributed by atoms with van der Waals surface area (Å²) in [5, 5.41) is 3.08. The summed E-state index contributed by atoms with van der Waals surface area (Å²) in [6.07, 6.45) is 38.9. The van der Waals surface area contributed by atoms with Gasteiger partial charge in [-0.05, 0) is 119 Å². The fourth-order valence-corrected chi connectivity index (χ4v) is 10.6. The summed E-state index contributed by atoms with van der Waals surface area (Å²) < 4.78 is 71.3. The van der Waals surface area contributed by atoms with Crippen molar-refractivity contribution in [2.75, 3.05) is 0 Å². The molecule has 0 aromatic heterocycles. The molecule has 0 fully saturated rings. The number of aryl methyl sites for hydroxylation is 4. The first-order valence-electron chi connectivity index (χ1n) is 25.9. The third kappa shape index (κ3) is 23.3. The Morgan fingerprint density at radius 2 is 0.600 bits per heavy atom. The van der Waals surface area contributed by atoms with Crippen molar-refractivity contribution >= 4 is 69.1 Å². The molecule has 0 atom stereocenters. The molecule has 65 heavy (non-hydrogen) atoms. The molecule has 0 aliphatic heterocycles. The molecule has 0 unspecified atom stereocenters. The summed E-state index contributed by atoms with van der Waals surface area (Å²) in [6, 6.07) is 18.7. The van der Waals surface area contributed by atoms with Gasteiger partial charge in [0.25, 0.3) is 0 Å². The van der Waals surface area contributed by atoms with E-state index in [0.29, 0.717) is 10.8 Å². The summed E-state index contributed by atoms with van der Waals surface area (Å²) in [5.41, 5.74) is 4.72. The monoisotopic (exact) mass is 1130 g/mol. The van der Waals surface area contributed by atoms with Gasteiger partial charge >= 0.3 is 27.3 Å². The molecule has 9 heteroatoms. The molecule has 4 rings (SSSR count). The van der Waals surface area contributed by atoms with E-state index in [-0.39, 0.29) is 37.1 Å². The van der Waals surface area contributed by atoms with E-state index in [2.05, 4.69) is 39.8 Å². The van der Waals surface area contributed by atoms with Gasteiger partial charge in [-0.1, -0.05) is 218 Å². The molecule has 362 valence electrons. The Bertz CT molecular complexity index is 1960. The van der Waals surface area contributed by atoms with E-state index in [0.717, 1.165) is 62.1 Å². The molecular weight excluding hydrogens is 1040 g/mol. The zero-order valence-electron chi connectivity index (χ0n) is 41.2. The van der Waals surface area contributed by atoms with Gasteiger partial charge in [-0.3, -0.25) is 0 Å². The maximum Gasteiger partial charge on any atom is 2.00 e. The van der Waals surface area contributed by atoms with Gasteiger partial charge in [-0.2, -0.15) is 0 Å². The zero-order chi connectivity index (χ0) is 46.5. The fraction of sp³-hybridized carbons (Fsp3) is 0.643. The van der Waals surface area contributed by atoms with Crippen LogP contribution in [0.5, 0.6) is 0 Å². The third-order valence-electron chi connectivity index (χ3n) is 13.0. The summed E-state index contributed by atoms with van der Waals surface area (Å²) in [4.78, 5) is -0.144. The molecule has 0 saturated heterocycles. The first-order chi connectivity index (χ1) is 30.9. The average molecular weight is 1130 g/mol. The predicted octanol–water partition coefficient (Wildman–Crippen LogP) is 16.3. The normalized spacial score (nSPS) is 11.8. The largest absolute Gasteiger partial charge is 2.00 e.